The summed E-state index contributed by atoms with van der Waals surface area (Å²) in [4.78, 5) is 4.82. The van der Waals surface area contributed by atoms with Crippen molar-refractivity contribution < 1.29 is 0 Å². The molecule has 15 heavy (non-hydrogen) atoms. The van der Waals surface area contributed by atoms with Gasteiger partial charge < -0.3 is 15.5 Å². The lowest BCUT2D eigenvalue weighted by atomic mass is 10.2. The maximum absolute atomic E-state index is 7.59. The standard InChI is InChI=1S/C12H18N3/c1-2-14-6-8-15(9-7-14)12-5-3-4-11(13)10-12/h3-5,10,13H,2,6-9H2,1H3. The van der Waals surface area contributed by atoms with Crippen LogP contribution in [0.15, 0.2) is 24.3 Å². The molecule has 81 valence electrons. The van der Waals surface area contributed by atoms with Gasteiger partial charge in [0.1, 0.15) is 0 Å². The number of nitrogens with zero attached hydrogens (tertiary/aromatic N) is 2. The van der Waals surface area contributed by atoms with Gasteiger partial charge in [-0.25, -0.2) is 0 Å². The van der Waals surface area contributed by atoms with Crippen LogP contribution in [-0.2, 0) is 0 Å². The second-order valence-corrected chi connectivity index (χ2v) is 3.97. The molecule has 3 heteroatoms. The molecule has 1 radical (unpaired) electrons. The van der Waals surface area contributed by atoms with Crippen LogP contribution in [0, 0.1) is 0 Å². The molecule has 1 fully saturated rings. The Bertz CT molecular complexity index is 316. The second-order valence-electron chi connectivity index (χ2n) is 3.97. The molecule has 0 unspecified atom stereocenters. The lowest BCUT2D eigenvalue weighted by Crippen LogP contribution is -2.46. The van der Waals surface area contributed by atoms with Gasteiger partial charge in [-0.15, -0.1) is 0 Å². The first-order valence-electron chi connectivity index (χ1n) is 5.58. The first-order chi connectivity index (χ1) is 7.29. The van der Waals surface area contributed by atoms with E-state index in [0.717, 1.165) is 32.7 Å². The van der Waals surface area contributed by atoms with Gasteiger partial charge in [-0.05, 0) is 24.7 Å². The first kappa shape index (κ1) is 10.3. The van der Waals surface area contributed by atoms with Crippen molar-refractivity contribution in [3.05, 3.63) is 24.3 Å². The zero-order valence-electron chi connectivity index (χ0n) is 9.24. The normalized spacial score (nSPS) is 18.1. The number of likely N-dealkylation sites (N-methyl/N-ethyl adjacent to an activating group) is 1. The van der Waals surface area contributed by atoms with Gasteiger partial charge in [-0.1, -0.05) is 13.0 Å². The summed E-state index contributed by atoms with van der Waals surface area (Å²) in [6.45, 7) is 7.79. The van der Waals surface area contributed by atoms with Crippen LogP contribution in [0.4, 0.5) is 11.4 Å². The van der Waals surface area contributed by atoms with Crippen molar-refractivity contribution in [2.75, 3.05) is 37.6 Å². The summed E-state index contributed by atoms with van der Waals surface area (Å²) in [6, 6.07) is 7.83. The van der Waals surface area contributed by atoms with Gasteiger partial charge in [0, 0.05) is 31.9 Å². The fourth-order valence-electron chi connectivity index (χ4n) is 2.02. The van der Waals surface area contributed by atoms with Crippen LogP contribution >= 0.6 is 0 Å². The maximum atomic E-state index is 7.59. The molecule has 2 rings (SSSR count). The van der Waals surface area contributed by atoms with Crippen molar-refractivity contribution in [1.29, 1.82) is 0 Å². The Balaban J connectivity index is 2.01. The minimum atomic E-state index is 0.602. The van der Waals surface area contributed by atoms with Crippen LogP contribution < -0.4 is 10.6 Å². The maximum Gasteiger partial charge on any atom is 0.0560 e. The molecule has 0 atom stereocenters. The van der Waals surface area contributed by atoms with Gasteiger partial charge in [0.25, 0.3) is 0 Å². The summed E-state index contributed by atoms with van der Waals surface area (Å²) in [7, 11) is 0. The fourth-order valence-corrected chi connectivity index (χ4v) is 2.02. The van der Waals surface area contributed by atoms with Crippen LogP contribution in [0.3, 0.4) is 0 Å². The molecule has 1 saturated heterocycles. The SMILES string of the molecule is CCN1CCN(c2cccc([NH])c2)CC1. The molecular formula is C12H18N3. The number of hydrogen-bond acceptors (Lipinski definition) is 2. The van der Waals surface area contributed by atoms with E-state index in [2.05, 4.69) is 22.8 Å². The van der Waals surface area contributed by atoms with Gasteiger partial charge in [0.2, 0.25) is 0 Å². The van der Waals surface area contributed by atoms with Crippen molar-refractivity contribution in [2.24, 2.45) is 0 Å². The zero-order valence-corrected chi connectivity index (χ0v) is 9.24. The molecule has 0 aliphatic carbocycles. The summed E-state index contributed by atoms with van der Waals surface area (Å²) in [5.74, 6) is 0. The lowest BCUT2D eigenvalue weighted by Gasteiger charge is -2.35. The van der Waals surface area contributed by atoms with Crippen LogP contribution in [0.1, 0.15) is 6.92 Å². The smallest absolute Gasteiger partial charge is 0.0560 e. The average molecular weight is 204 g/mol. The van der Waals surface area contributed by atoms with E-state index >= 15 is 0 Å². The highest BCUT2D eigenvalue weighted by Gasteiger charge is 2.15. The largest absolute Gasteiger partial charge is 0.369 e. The molecule has 1 N–H and O–H groups in total. The highest BCUT2D eigenvalue weighted by atomic mass is 15.3. The van der Waals surface area contributed by atoms with E-state index in [1.165, 1.54) is 5.69 Å². The molecule has 1 aliphatic rings. The molecule has 1 aromatic carbocycles. The van der Waals surface area contributed by atoms with E-state index in [9.17, 15) is 0 Å². The molecule has 1 aromatic rings. The summed E-state index contributed by atoms with van der Waals surface area (Å²) in [5, 5.41) is 0. The third-order valence-corrected chi connectivity index (χ3v) is 3.03. The fraction of sp³-hybridized carbons (Fsp3) is 0.500. The predicted molar refractivity (Wildman–Crippen MR) is 63.5 cm³/mol. The summed E-state index contributed by atoms with van der Waals surface area (Å²) < 4.78 is 0. The minimum Gasteiger partial charge on any atom is -0.369 e. The number of hydrogen-bond donors (Lipinski definition) is 0. The van der Waals surface area contributed by atoms with Crippen molar-refractivity contribution in [3.63, 3.8) is 0 Å². The Kier molecular flexibility index (Phi) is 3.11. The van der Waals surface area contributed by atoms with Gasteiger partial charge in [-0.3, -0.25) is 0 Å². The number of piperazine rings is 1. The number of nitrogens with one attached hydrogen (secondary N) is 1. The van der Waals surface area contributed by atoms with E-state index in [4.69, 9.17) is 5.73 Å². The Hall–Kier alpha value is -1.22. The van der Waals surface area contributed by atoms with Gasteiger partial charge in [0.15, 0.2) is 0 Å². The minimum absolute atomic E-state index is 0.602. The molecule has 0 amide bonds. The van der Waals surface area contributed by atoms with Crippen molar-refractivity contribution in [2.45, 2.75) is 6.92 Å². The third kappa shape index (κ3) is 2.42. The molecule has 0 bridgehead atoms. The molecule has 3 nitrogen and oxygen atoms in total. The molecule has 0 spiro atoms. The van der Waals surface area contributed by atoms with E-state index in [1.54, 1.807) is 0 Å². The Morgan fingerprint density at radius 3 is 2.53 bits per heavy atom. The number of benzene rings is 1. The van der Waals surface area contributed by atoms with Crippen LogP contribution in [0.25, 0.3) is 0 Å². The molecule has 1 aliphatic heterocycles. The monoisotopic (exact) mass is 204 g/mol. The Labute approximate surface area is 91.5 Å². The molecule has 0 aromatic heterocycles. The quantitative estimate of drug-likeness (QED) is 0.734. The Morgan fingerprint density at radius 1 is 1.20 bits per heavy atom. The highest BCUT2D eigenvalue weighted by Crippen LogP contribution is 2.19. The summed E-state index contributed by atoms with van der Waals surface area (Å²) >= 11 is 0. The molecule has 1 heterocycles. The van der Waals surface area contributed by atoms with Crippen molar-refractivity contribution in [1.82, 2.24) is 10.6 Å². The van der Waals surface area contributed by atoms with Crippen LogP contribution in [0.5, 0.6) is 0 Å². The van der Waals surface area contributed by atoms with Gasteiger partial charge in [0.05, 0.1) is 5.69 Å². The highest BCUT2D eigenvalue weighted by molar-refractivity contribution is 5.54. The van der Waals surface area contributed by atoms with Crippen LogP contribution in [-0.4, -0.2) is 37.6 Å². The van der Waals surface area contributed by atoms with E-state index in [-0.39, 0.29) is 0 Å². The first-order valence-corrected chi connectivity index (χ1v) is 5.58. The summed E-state index contributed by atoms with van der Waals surface area (Å²) in [6.07, 6.45) is 0. The van der Waals surface area contributed by atoms with Crippen molar-refractivity contribution >= 4 is 11.4 Å². The molecule has 0 saturated carbocycles. The van der Waals surface area contributed by atoms with Crippen LogP contribution in [0.2, 0.25) is 0 Å². The Morgan fingerprint density at radius 2 is 1.93 bits per heavy atom. The van der Waals surface area contributed by atoms with Gasteiger partial charge in [-0.2, -0.15) is 0 Å². The second kappa shape index (κ2) is 4.53. The van der Waals surface area contributed by atoms with E-state index in [0.29, 0.717) is 5.69 Å². The zero-order chi connectivity index (χ0) is 10.7. The molecular weight excluding hydrogens is 186 g/mol. The average Bonchev–Trinajstić information content (AvgIpc) is 2.29. The predicted octanol–water partition coefficient (Wildman–Crippen LogP) is 1.74. The topological polar surface area (TPSA) is 30.3 Å². The number of anilines is 1. The van der Waals surface area contributed by atoms with Crippen molar-refractivity contribution in [3.8, 4) is 0 Å². The lowest BCUT2D eigenvalue weighted by molar-refractivity contribution is 0.271. The third-order valence-electron chi connectivity index (χ3n) is 3.03. The van der Waals surface area contributed by atoms with Gasteiger partial charge >= 0.3 is 0 Å². The van der Waals surface area contributed by atoms with E-state index < -0.39 is 0 Å². The number of rotatable bonds is 2. The summed E-state index contributed by atoms with van der Waals surface area (Å²) in [5.41, 5.74) is 9.39. The van der Waals surface area contributed by atoms with E-state index in [1.807, 2.05) is 18.2 Å².